The summed E-state index contributed by atoms with van der Waals surface area (Å²) < 4.78 is 11.1. The Bertz CT molecular complexity index is 481. The van der Waals surface area contributed by atoms with Crippen molar-refractivity contribution in [2.24, 2.45) is 4.99 Å². The zero-order valence-corrected chi connectivity index (χ0v) is 18.9. The van der Waals surface area contributed by atoms with Crippen LogP contribution in [0.25, 0.3) is 0 Å². The smallest absolute Gasteiger partial charge is 0.213 e. The molecule has 0 aliphatic rings. The Morgan fingerprint density at radius 1 is 1.15 bits per heavy atom. The van der Waals surface area contributed by atoms with Gasteiger partial charge in [-0.05, 0) is 39.2 Å². The molecule has 0 spiro atoms. The molecule has 0 saturated heterocycles. The molecule has 6 nitrogen and oxygen atoms in total. The average Bonchev–Trinajstić information content (AvgIpc) is 2.59. The number of rotatable bonds is 12. The maximum atomic E-state index is 5.56. The van der Waals surface area contributed by atoms with Crippen LogP contribution >= 0.6 is 24.0 Å². The van der Waals surface area contributed by atoms with Gasteiger partial charge in [0.15, 0.2) is 5.96 Å². The number of pyridine rings is 1. The van der Waals surface area contributed by atoms with Crippen LogP contribution in [0.15, 0.2) is 23.3 Å². The third-order valence-corrected chi connectivity index (χ3v) is 3.32. The average molecular weight is 478 g/mol. The first-order valence-electron chi connectivity index (χ1n) is 9.37. The van der Waals surface area contributed by atoms with Gasteiger partial charge in [0.05, 0.1) is 12.6 Å². The number of aromatic nitrogens is 1. The van der Waals surface area contributed by atoms with E-state index in [0.717, 1.165) is 50.7 Å². The van der Waals surface area contributed by atoms with E-state index in [9.17, 15) is 0 Å². The fourth-order valence-corrected chi connectivity index (χ4v) is 2.06. The number of aliphatic imine (C=N–C) groups is 1. The maximum Gasteiger partial charge on any atom is 0.213 e. The molecule has 150 valence electrons. The number of nitrogens with one attached hydrogen (secondary N) is 2. The first-order chi connectivity index (χ1) is 12.2. The van der Waals surface area contributed by atoms with E-state index in [0.29, 0.717) is 12.4 Å². The maximum absolute atomic E-state index is 5.56. The topological polar surface area (TPSA) is 67.8 Å². The van der Waals surface area contributed by atoms with Crippen LogP contribution in [0.5, 0.6) is 5.88 Å². The lowest BCUT2D eigenvalue weighted by molar-refractivity contribution is 0.129. The Kier molecular flexibility index (Phi) is 15.4. The Morgan fingerprint density at radius 3 is 2.54 bits per heavy atom. The van der Waals surface area contributed by atoms with E-state index in [2.05, 4.69) is 34.5 Å². The van der Waals surface area contributed by atoms with Crippen molar-refractivity contribution in [1.82, 2.24) is 15.6 Å². The van der Waals surface area contributed by atoms with Crippen molar-refractivity contribution in [3.8, 4) is 5.88 Å². The normalized spacial score (nSPS) is 11.2. The van der Waals surface area contributed by atoms with Gasteiger partial charge in [-0.15, -0.1) is 24.0 Å². The van der Waals surface area contributed by atoms with E-state index in [1.807, 2.05) is 32.2 Å². The van der Waals surface area contributed by atoms with E-state index in [1.165, 1.54) is 6.42 Å². The first-order valence-corrected chi connectivity index (χ1v) is 9.37. The van der Waals surface area contributed by atoms with E-state index >= 15 is 0 Å². The Labute approximate surface area is 175 Å². The zero-order chi connectivity index (χ0) is 18.3. The van der Waals surface area contributed by atoms with Crippen molar-refractivity contribution in [3.05, 3.63) is 23.9 Å². The predicted molar refractivity (Wildman–Crippen MR) is 119 cm³/mol. The summed E-state index contributed by atoms with van der Waals surface area (Å²) in [5.74, 6) is 1.47. The highest BCUT2D eigenvalue weighted by molar-refractivity contribution is 14.0. The van der Waals surface area contributed by atoms with Crippen LogP contribution in [0.2, 0.25) is 0 Å². The minimum absolute atomic E-state index is 0. The second kappa shape index (κ2) is 16.1. The molecule has 0 aliphatic heterocycles. The number of hydrogen-bond donors (Lipinski definition) is 2. The Balaban J connectivity index is 0.00000625. The molecule has 0 radical (unpaired) electrons. The summed E-state index contributed by atoms with van der Waals surface area (Å²) in [7, 11) is 0. The number of nitrogens with zero attached hydrogens (tertiary/aromatic N) is 2. The van der Waals surface area contributed by atoms with Crippen molar-refractivity contribution in [3.63, 3.8) is 0 Å². The molecule has 0 aliphatic carbocycles. The molecule has 0 unspecified atom stereocenters. The second-order valence-corrected chi connectivity index (χ2v) is 6.11. The Hall–Kier alpha value is -1.09. The van der Waals surface area contributed by atoms with Gasteiger partial charge >= 0.3 is 0 Å². The van der Waals surface area contributed by atoms with E-state index in [-0.39, 0.29) is 30.1 Å². The molecule has 0 amide bonds. The fraction of sp³-hybridized carbons (Fsp3) is 0.684. The molecule has 0 fully saturated rings. The lowest BCUT2D eigenvalue weighted by Crippen LogP contribution is -2.38. The van der Waals surface area contributed by atoms with Crippen LogP contribution in [0.4, 0.5) is 0 Å². The van der Waals surface area contributed by atoms with Gasteiger partial charge in [-0.3, -0.25) is 0 Å². The summed E-state index contributed by atoms with van der Waals surface area (Å²) in [6.45, 7) is 12.1. The van der Waals surface area contributed by atoms with Crippen molar-refractivity contribution in [2.45, 2.75) is 59.6 Å². The van der Waals surface area contributed by atoms with Gasteiger partial charge in [-0.25, -0.2) is 9.98 Å². The van der Waals surface area contributed by atoms with Gasteiger partial charge < -0.3 is 20.1 Å². The van der Waals surface area contributed by atoms with E-state index < -0.39 is 0 Å². The molecule has 0 atom stereocenters. The van der Waals surface area contributed by atoms with Gasteiger partial charge in [-0.2, -0.15) is 0 Å². The highest BCUT2D eigenvalue weighted by Crippen LogP contribution is 2.10. The molecule has 7 heteroatoms. The standard InChI is InChI=1S/C19H34N4O2.HI/c1-5-7-12-24-13-8-11-21-19(20-6-2)23-15-17-9-10-18(22-14-17)25-16(3)4;/h9-10,14,16H,5-8,11-13,15H2,1-4H3,(H2,20,21,23);1H. The summed E-state index contributed by atoms with van der Waals surface area (Å²) in [6.07, 6.45) is 5.22. The summed E-state index contributed by atoms with van der Waals surface area (Å²) in [6, 6.07) is 3.89. The lowest BCUT2D eigenvalue weighted by Gasteiger charge is -2.12. The summed E-state index contributed by atoms with van der Waals surface area (Å²) in [4.78, 5) is 8.90. The van der Waals surface area contributed by atoms with Gasteiger partial charge in [-0.1, -0.05) is 19.4 Å². The number of ether oxygens (including phenoxy) is 2. The Morgan fingerprint density at radius 2 is 1.92 bits per heavy atom. The lowest BCUT2D eigenvalue weighted by atomic mass is 10.3. The largest absolute Gasteiger partial charge is 0.475 e. The van der Waals surface area contributed by atoms with Crippen LogP contribution in [0, 0.1) is 0 Å². The van der Waals surface area contributed by atoms with Crippen LogP contribution in [-0.4, -0.2) is 43.4 Å². The monoisotopic (exact) mass is 478 g/mol. The summed E-state index contributed by atoms with van der Waals surface area (Å²) >= 11 is 0. The van der Waals surface area contributed by atoms with Crippen LogP contribution in [0.3, 0.4) is 0 Å². The molecule has 1 rings (SSSR count). The van der Waals surface area contributed by atoms with Crippen molar-refractivity contribution >= 4 is 29.9 Å². The SMILES string of the molecule is CCCCOCCCNC(=NCc1ccc(OC(C)C)nc1)NCC.I. The second-order valence-electron chi connectivity index (χ2n) is 6.11. The molecule has 1 aromatic rings. The fourth-order valence-electron chi connectivity index (χ4n) is 2.06. The van der Waals surface area contributed by atoms with Crippen molar-refractivity contribution < 1.29 is 9.47 Å². The molecule has 1 aromatic heterocycles. The van der Waals surface area contributed by atoms with Gasteiger partial charge in [0.1, 0.15) is 0 Å². The first kappa shape index (κ1) is 24.9. The predicted octanol–water partition coefficient (Wildman–Crippen LogP) is 3.75. The molecule has 1 heterocycles. The van der Waals surface area contributed by atoms with Gasteiger partial charge in [0.2, 0.25) is 5.88 Å². The molecular weight excluding hydrogens is 443 g/mol. The molecule has 0 saturated carbocycles. The number of halogens is 1. The molecular formula is C19H35IN4O2. The zero-order valence-electron chi connectivity index (χ0n) is 16.6. The molecule has 2 N–H and O–H groups in total. The third kappa shape index (κ3) is 12.3. The summed E-state index contributed by atoms with van der Waals surface area (Å²) in [5.41, 5.74) is 1.05. The molecule has 0 aromatic carbocycles. The number of guanidine groups is 1. The van der Waals surface area contributed by atoms with E-state index in [4.69, 9.17) is 9.47 Å². The van der Waals surface area contributed by atoms with Gasteiger partial charge in [0.25, 0.3) is 0 Å². The van der Waals surface area contributed by atoms with Gasteiger partial charge in [0, 0.05) is 38.6 Å². The van der Waals surface area contributed by atoms with Crippen molar-refractivity contribution in [1.29, 1.82) is 0 Å². The summed E-state index contributed by atoms with van der Waals surface area (Å²) in [5, 5.41) is 6.59. The van der Waals surface area contributed by atoms with Crippen LogP contribution in [-0.2, 0) is 11.3 Å². The van der Waals surface area contributed by atoms with Crippen molar-refractivity contribution in [2.75, 3.05) is 26.3 Å². The quantitative estimate of drug-likeness (QED) is 0.207. The number of unbranched alkanes of at least 4 members (excludes halogenated alkanes) is 1. The highest BCUT2D eigenvalue weighted by Gasteiger charge is 2.01. The minimum Gasteiger partial charge on any atom is -0.475 e. The third-order valence-electron chi connectivity index (χ3n) is 3.32. The highest BCUT2D eigenvalue weighted by atomic mass is 127. The van der Waals surface area contributed by atoms with E-state index in [1.54, 1.807) is 0 Å². The molecule has 0 bridgehead atoms. The minimum atomic E-state index is 0. The van der Waals surface area contributed by atoms with Crippen LogP contribution in [0.1, 0.15) is 52.5 Å². The van der Waals surface area contributed by atoms with Crippen LogP contribution < -0.4 is 15.4 Å². The number of hydrogen-bond acceptors (Lipinski definition) is 4. The molecule has 26 heavy (non-hydrogen) atoms.